The van der Waals surface area contributed by atoms with Crippen LogP contribution < -0.4 is 0 Å². The molecule has 2 aliphatic heterocycles. The average molecular weight is 420 g/mol. The van der Waals surface area contributed by atoms with Gasteiger partial charge in [0.15, 0.2) is 0 Å². The number of piperazine rings is 1. The quantitative estimate of drug-likeness (QED) is 0.750. The van der Waals surface area contributed by atoms with Crippen LogP contribution in [0.25, 0.3) is 0 Å². The van der Waals surface area contributed by atoms with Gasteiger partial charge >= 0.3 is 0 Å². The van der Waals surface area contributed by atoms with Gasteiger partial charge in [-0.1, -0.05) is 23.2 Å². The van der Waals surface area contributed by atoms with Crippen molar-refractivity contribution in [2.45, 2.75) is 30.7 Å². The van der Waals surface area contributed by atoms with Gasteiger partial charge in [0.1, 0.15) is 0 Å². The van der Waals surface area contributed by atoms with Crippen LogP contribution in [0.3, 0.4) is 0 Å². The molecule has 0 bridgehead atoms. The van der Waals surface area contributed by atoms with E-state index in [2.05, 4.69) is 4.90 Å². The van der Waals surface area contributed by atoms with E-state index in [9.17, 15) is 13.2 Å². The summed E-state index contributed by atoms with van der Waals surface area (Å²) in [6.07, 6.45) is 2.13. The van der Waals surface area contributed by atoms with E-state index >= 15 is 0 Å². The summed E-state index contributed by atoms with van der Waals surface area (Å²) in [7, 11) is -3.62. The van der Waals surface area contributed by atoms with Crippen molar-refractivity contribution in [1.29, 1.82) is 0 Å². The van der Waals surface area contributed by atoms with Crippen molar-refractivity contribution >= 4 is 39.1 Å². The number of likely N-dealkylation sites (tertiary alicyclic amines) is 1. The number of amides is 1. The Kier molecular flexibility index (Phi) is 6.14. The molecule has 26 heavy (non-hydrogen) atoms. The van der Waals surface area contributed by atoms with Crippen molar-refractivity contribution < 1.29 is 13.2 Å². The van der Waals surface area contributed by atoms with E-state index in [1.54, 1.807) is 0 Å². The van der Waals surface area contributed by atoms with Gasteiger partial charge in [0.2, 0.25) is 15.9 Å². The number of carbonyl (C=O) groups is 1. The fourth-order valence-corrected chi connectivity index (χ4v) is 5.29. The lowest BCUT2D eigenvalue weighted by molar-refractivity contribution is -0.135. The topological polar surface area (TPSA) is 60.9 Å². The first-order chi connectivity index (χ1) is 12.3. The average Bonchev–Trinajstić information content (AvgIpc) is 3.17. The molecule has 144 valence electrons. The maximum Gasteiger partial charge on any atom is 0.243 e. The van der Waals surface area contributed by atoms with E-state index in [-0.39, 0.29) is 21.9 Å². The van der Waals surface area contributed by atoms with Crippen molar-refractivity contribution in [3.63, 3.8) is 0 Å². The number of nitrogens with zero attached hydrogens (tertiary/aromatic N) is 3. The van der Waals surface area contributed by atoms with Gasteiger partial charge in [0, 0.05) is 39.3 Å². The minimum Gasteiger partial charge on any atom is -0.341 e. The maximum atomic E-state index is 12.8. The summed E-state index contributed by atoms with van der Waals surface area (Å²) in [5, 5.41) is 0.542. The van der Waals surface area contributed by atoms with Gasteiger partial charge < -0.3 is 4.90 Å². The van der Waals surface area contributed by atoms with Gasteiger partial charge in [-0.25, -0.2) is 8.42 Å². The molecular formula is C17H23Cl2N3O3S. The highest BCUT2D eigenvalue weighted by atomic mass is 35.5. The summed E-state index contributed by atoms with van der Waals surface area (Å²) in [6.45, 7) is 5.32. The molecule has 1 amide bonds. The smallest absolute Gasteiger partial charge is 0.243 e. The summed E-state index contributed by atoms with van der Waals surface area (Å²) in [4.78, 5) is 16.6. The summed E-state index contributed by atoms with van der Waals surface area (Å²) in [5.74, 6) is 0.142. The second kappa shape index (κ2) is 8.02. The zero-order valence-electron chi connectivity index (χ0n) is 14.7. The minimum atomic E-state index is -3.62. The van der Waals surface area contributed by atoms with Crippen LogP contribution in [0.2, 0.25) is 10.0 Å². The van der Waals surface area contributed by atoms with Crippen molar-refractivity contribution in [2.75, 3.05) is 39.3 Å². The van der Waals surface area contributed by atoms with Gasteiger partial charge in [-0.3, -0.25) is 9.69 Å². The zero-order valence-corrected chi connectivity index (χ0v) is 17.0. The Morgan fingerprint density at radius 2 is 1.62 bits per heavy atom. The molecule has 0 spiro atoms. The van der Waals surface area contributed by atoms with Crippen molar-refractivity contribution in [3.8, 4) is 0 Å². The Bertz CT molecular complexity index is 773. The van der Waals surface area contributed by atoms with E-state index in [0.29, 0.717) is 31.2 Å². The zero-order chi connectivity index (χ0) is 18.9. The third-order valence-electron chi connectivity index (χ3n) is 5.12. The molecule has 0 saturated carbocycles. The molecule has 6 nitrogen and oxygen atoms in total. The van der Waals surface area contributed by atoms with Crippen LogP contribution in [0.1, 0.15) is 19.8 Å². The molecule has 1 aromatic rings. The molecule has 1 atom stereocenters. The monoisotopic (exact) mass is 419 g/mol. The Morgan fingerprint density at radius 1 is 1.00 bits per heavy atom. The summed E-state index contributed by atoms with van der Waals surface area (Å²) >= 11 is 11.8. The Balaban J connectivity index is 1.63. The molecule has 2 aliphatic rings. The number of carbonyl (C=O) groups excluding carboxylic acids is 1. The highest BCUT2D eigenvalue weighted by molar-refractivity contribution is 7.89. The van der Waals surface area contributed by atoms with Gasteiger partial charge in [-0.2, -0.15) is 4.31 Å². The first-order valence-electron chi connectivity index (χ1n) is 8.79. The fraction of sp³-hybridized carbons (Fsp3) is 0.588. The van der Waals surface area contributed by atoms with Gasteiger partial charge in [-0.15, -0.1) is 0 Å². The van der Waals surface area contributed by atoms with Gasteiger partial charge in [-0.05, 0) is 38.0 Å². The molecule has 0 unspecified atom stereocenters. The van der Waals surface area contributed by atoms with Crippen molar-refractivity contribution in [3.05, 3.63) is 28.2 Å². The SMILES string of the molecule is C[C@H](C(=O)N1CCCC1)N1CCN(S(=O)(=O)c2ccc(Cl)c(Cl)c2)CC1. The molecule has 0 radical (unpaired) electrons. The Hall–Kier alpha value is -0.860. The largest absolute Gasteiger partial charge is 0.341 e. The van der Waals surface area contributed by atoms with Crippen LogP contribution >= 0.6 is 23.2 Å². The lowest BCUT2D eigenvalue weighted by Crippen LogP contribution is -2.55. The van der Waals surface area contributed by atoms with E-state index in [1.807, 2.05) is 11.8 Å². The van der Waals surface area contributed by atoms with E-state index in [4.69, 9.17) is 23.2 Å². The van der Waals surface area contributed by atoms with Crippen LogP contribution in [0.15, 0.2) is 23.1 Å². The predicted octanol–water partition coefficient (Wildman–Crippen LogP) is 2.31. The number of hydrogen-bond donors (Lipinski definition) is 0. The van der Waals surface area contributed by atoms with Gasteiger partial charge in [0.25, 0.3) is 0 Å². The minimum absolute atomic E-state index is 0.140. The maximum absolute atomic E-state index is 12.8. The van der Waals surface area contributed by atoms with Crippen LogP contribution in [-0.2, 0) is 14.8 Å². The van der Waals surface area contributed by atoms with Crippen molar-refractivity contribution in [1.82, 2.24) is 14.1 Å². The molecule has 0 aliphatic carbocycles. The third-order valence-corrected chi connectivity index (χ3v) is 7.76. The molecular weight excluding hydrogens is 397 g/mol. The number of halogens is 2. The molecule has 0 N–H and O–H groups in total. The van der Waals surface area contributed by atoms with E-state index < -0.39 is 10.0 Å². The number of benzene rings is 1. The van der Waals surface area contributed by atoms with Crippen LogP contribution in [0.5, 0.6) is 0 Å². The lowest BCUT2D eigenvalue weighted by Gasteiger charge is -2.37. The Labute approximate surface area is 164 Å². The number of hydrogen-bond acceptors (Lipinski definition) is 4. The number of sulfonamides is 1. The standard InChI is InChI=1S/C17H23Cl2N3O3S/c1-13(17(23)21-6-2-3-7-21)20-8-10-22(11-9-20)26(24,25)14-4-5-15(18)16(19)12-14/h4-5,12-13H,2-3,6-11H2,1H3/t13-/m1/s1. The lowest BCUT2D eigenvalue weighted by atomic mass is 10.2. The van der Waals surface area contributed by atoms with E-state index in [1.165, 1.54) is 22.5 Å². The second-order valence-corrected chi connectivity index (χ2v) is 9.48. The number of rotatable bonds is 4. The Morgan fingerprint density at radius 3 is 2.19 bits per heavy atom. The van der Waals surface area contributed by atoms with Gasteiger partial charge in [0.05, 0.1) is 21.0 Å². The van der Waals surface area contributed by atoms with Crippen molar-refractivity contribution in [2.24, 2.45) is 0 Å². The normalized spacial score (nSPS) is 21.1. The highest BCUT2D eigenvalue weighted by Gasteiger charge is 2.33. The predicted molar refractivity (Wildman–Crippen MR) is 102 cm³/mol. The molecule has 9 heteroatoms. The molecule has 0 aromatic heterocycles. The summed E-state index contributed by atoms with van der Waals surface area (Å²) in [6, 6.07) is 4.12. The first-order valence-corrected chi connectivity index (χ1v) is 11.0. The van der Waals surface area contributed by atoms with Crippen LogP contribution in [0.4, 0.5) is 0 Å². The van der Waals surface area contributed by atoms with E-state index in [0.717, 1.165) is 25.9 Å². The molecule has 2 fully saturated rings. The first kappa shape index (κ1) is 19.9. The molecule has 1 aromatic carbocycles. The highest BCUT2D eigenvalue weighted by Crippen LogP contribution is 2.27. The summed E-state index contributed by atoms with van der Waals surface area (Å²) < 4.78 is 27.0. The van der Waals surface area contributed by atoms with Crippen LogP contribution in [0, 0.1) is 0 Å². The second-order valence-electron chi connectivity index (χ2n) is 6.72. The fourth-order valence-electron chi connectivity index (χ4n) is 3.48. The molecule has 2 saturated heterocycles. The molecule has 3 rings (SSSR count). The third kappa shape index (κ3) is 4.02. The van der Waals surface area contributed by atoms with Crippen LogP contribution in [-0.4, -0.2) is 73.7 Å². The summed E-state index contributed by atoms with van der Waals surface area (Å²) in [5.41, 5.74) is 0. The molecule has 2 heterocycles.